The number of carbonyl (C=O) groups is 2. The molecular formula is C9H11FO4. The number of rotatable bonds is 4. The van der Waals surface area contributed by atoms with Crippen LogP contribution in [0.5, 0.6) is 0 Å². The van der Waals surface area contributed by atoms with Crippen molar-refractivity contribution < 1.29 is 23.5 Å². The van der Waals surface area contributed by atoms with E-state index < -0.39 is 17.8 Å². The fourth-order valence-corrected chi connectivity index (χ4v) is 0.773. The molecule has 0 atom stereocenters. The molecule has 0 amide bonds. The molecule has 1 fully saturated rings. The van der Waals surface area contributed by atoms with Gasteiger partial charge >= 0.3 is 11.9 Å². The van der Waals surface area contributed by atoms with Crippen molar-refractivity contribution in [1.29, 1.82) is 0 Å². The van der Waals surface area contributed by atoms with Crippen molar-refractivity contribution in [2.45, 2.75) is 19.8 Å². The third-order valence-corrected chi connectivity index (χ3v) is 1.66. The van der Waals surface area contributed by atoms with Gasteiger partial charge in [0.05, 0.1) is 12.5 Å². The molecule has 1 saturated carbocycles. The van der Waals surface area contributed by atoms with Crippen LogP contribution < -0.4 is 0 Å². The second-order valence-corrected chi connectivity index (χ2v) is 2.90. The van der Waals surface area contributed by atoms with Gasteiger partial charge in [0.1, 0.15) is 6.26 Å². The zero-order valence-corrected chi connectivity index (χ0v) is 7.79. The highest BCUT2D eigenvalue weighted by molar-refractivity contribution is 5.86. The predicted molar refractivity (Wildman–Crippen MR) is 44.6 cm³/mol. The van der Waals surface area contributed by atoms with E-state index in [-0.39, 0.29) is 12.5 Å². The van der Waals surface area contributed by atoms with Crippen LogP contribution in [0.4, 0.5) is 4.39 Å². The maximum atomic E-state index is 12.7. The molecule has 0 N–H and O–H groups in total. The van der Waals surface area contributed by atoms with Crippen molar-refractivity contribution in [3.8, 4) is 0 Å². The lowest BCUT2D eigenvalue weighted by atomic mass is 10.4. The fourth-order valence-electron chi connectivity index (χ4n) is 0.773. The molecule has 0 aromatic heterocycles. The molecule has 0 aromatic rings. The molecule has 0 unspecified atom stereocenters. The van der Waals surface area contributed by atoms with Gasteiger partial charge in [0, 0.05) is 0 Å². The minimum atomic E-state index is -1.19. The number of hydrogen-bond donors (Lipinski definition) is 0. The smallest absolute Gasteiger partial charge is 0.370 e. The van der Waals surface area contributed by atoms with Crippen LogP contribution in [0.1, 0.15) is 19.8 Å². The van der Waals surface area contributed by atoms with Gasteiger partial charge in [-0.25, -0.2) is 4.79 Å². The van der Waals surface area contributed by atoms with Crippen molar-refractivity contribution in [2.75, 3.05) is 6.61 Å². The first-order chi connectivity index (χ1) is 6.65. The lowest BCUT2D eigenvalue weighted by Gasteiger charge is -1.98. The number of esters is 2. The summed E-state index contributed by atoms with van der Waals surface area (Å²) in [5.41, 5.74) is 0. The SMILES string of the molecule is CCOC(=O)/C(F)=C/OC(=O)C1CC1. The minimum Gasteiger partial charge on any atom is -0.461 e. The van der Waals surface area contributed by atoms with E-state index >= 15 is 0 Å². The van der Waals surface area contributed by atoms with Gasteiger partial charge in [-0.15, -0.1) is 0 Å². The van der Waals surface area contributed by atoms with Gasteiger partial charge in [0.2, 0.25) is 5.83 Å². The summed E-state index contributed by atoms with van der Waals surface area (Å²) in [5.74, 6) is -2.93. The van der Waals surface area contributed by atoms with Crippen molar-refractivity contribution >= 4 is 11.9 Å². The first kappa shape index (κ1) is 10.7. The zero-order valence-electron chi connectivity index (χ0n) is 7.79. The zero-order chi connectivity index (χ0) is 10.6. The summed E-state index contributed by atoms with van der Waals surface area (Å²) < 4.78 is 21.5. The van der Waals surface area contributed by atoms with Crippen LogP contribution in [0.25, 0.3) is 0 Å². The molecule has 0 saturated heterocycles. The topological polar surface area (TPSA) is 52.6 Å². The number of halogens is 1. The summed E-state index contributed by atoms with van der Waals surface area (Å²) >= 11 is 0. The van der Waals surface area contributed by atoms with Gasteiger partial charge in [-0.3, -0.25) is 4.79 Å². The maximum Gasteiger partial charge on any atom is 0.370 e. The van der Waals surface area contributed by atoms with E-state index in [9.17, 15) is 14.0 Å². The van der Waals surface area contributed by atoms with Crippen molar-refractivity contribution in [1.82, 2.24) is 0 Å². The van der Waals surface area contributed by atoms with Crippen LogP contribution in [0.15, 0.2) is 12.1 Å². The normalized spacial score (nSPS) is 16.3. The van der Waals surface area contributed by atoms with E-state index in [0.717, 1.165) is 12.8 Å². The summed E-state index contributed by atoms with van der Waals surface area (Å²) in [7, 11) is 0. The number of ether oxygens (including phenoxy) is 2. The third-order valence-electron chi connectivity index (χ3n) is 1.66. The van der Waals surface area contributed by atoms with E-state index in [1.165, 1.54) is 0 Å². The van der Waals surface area contributed by atoms with Crippen molar-refractivity contribution in [3.05, 3.63) is 12.1 Å². The summed E-state index contributed by atoms with van der Waals surface area (Å²) in [5, 5.41) is 0. The van der Waals surface area contributed by atoms with Gasteiger partial charge in [-0.1, -0.05) is 0 Å². The second-order valence-electron chi connectivity index (χ2n) is 2.90. The number of hydrogen-bond acceptors (Lipinski definition) is 4. The average molecular weight is 202 g/mol. The molecule has 4 nitrogen and oxygen atoms in total. The van der Waals surface area contributed by atoms with Crippen LogP contribution in [0.3, 0.4) is 0 Å². The van der Waals surface area contributed by atoms with E-state index in [1.54, 1.807) is 6.92 Å². The Hall–Kier alpha value is -1.39. The molecule has 0 aromatic carbocycles. The molecule has 0 aliphatic heterocycles. The Morgan fingerprint density at radius 3 is 2.64 bits per heavy atom. The van der Waals surface area contributed by atoms with Gasteiger partial charge in [0.25, 0.3) is 0 Å². The highest BCUT2D eigenvalue weighted by Crippen LogP contribution is 2.30. The molecule has 14 heavy (non-hydrogen) atoms. The molecule has 0 radical (unpaired) electrons. The van der Waals surface area contributed by atoms with Crippen molar-refractivity contribution in [3.63, 3.8) is 0 Å². The van der Waals surface area contributed by atoms with Crippen LogP contribution in [0.2, 0.25) is 0 Å². The molecule has 1 aliphatic rings. The lowest BCUT2D eigenvalue weighted by molar-refractivity contribution is -0.141. The second kappa shape index (κ2) is 4.74. The van der Waals surface area contributed by atoms with E-state index in [2.05, 4.69) is 9.47 Å². The quantitative estimate of drug-likeness (QED) is 0.392. The Kier molecular flexibility index (Phi) is 3.62. The lowest BCUT2D eigenvalue weighted by Crippen LogP contribution is -2.07. The summed E-state index contributed by atoms with van der Waals surface area (Å²) in [4.78, 5) is 21.6. The largest absolute Gasteiger partial charge is 0.461 e. The highest BCUT2D eigenvalue weighted by atomic mass is 19.1. The van der Waals surface area contributed by atoms with Gasteiger partial charge in [-0.2, -0.15) is 4.39 Å². The monoisotopic (exact) mass is 202 g/mol. The molecule has 1 aliphatic carbocycles. The molecule has 5 heteroatoms. The number of carbonyl (C=O) groups excluding carboxylic acids is 2. The average Bonchev–Trinajstić information content (AvgIpc) is 2.97. The van der Waals surface area contributed by atoms with Crippen LogP contribution in [0, 0.1) is 5.92 Å². The highest BCUT2D eigenvalue weighted by Gasteiger charge is 2.31. The molecule has 0 spiro atoms. The molecular weight excluding hydrogens is 191 g/mol. The van der Waals surface area contributed by atoms with Gasteiger partial charge in [-0.05, 0) is 19.8 Å². The third kappa shape index (κ3) is 3.16. The van der Waals surface area contributed by atoms with Crippen LogP contribution >= 0.6 is 0 Å². The van der Waals surface area contributed by atoms with E-state index in [1.807, 2.05) is 0 Å². The Bertz CT molecular complexity index is 268. The van der Waals surface area contributed by atoms with Gasteiger partial charge < -0.3 is 9.47 Å². The van der Waals surface area contributed by atoms with Crippen LogP contribution in [-0.2, 0) is 19.1 Å². The fraction of sp³-hybridized carbons (Fsp3) is 0.556. The van der Waals surface area contributed by atoms with E-state index in [0.29, 0.717) is 6.26 Å². The molecule has 1 rings (SSSR count). The molecule has 0 heterocycles. The van der Waals surface area contributed by atoms with Crippen molar-refractivity contribution in [2.24, 2.45) is 5.92 Å². The standard InChI is InChI=1S/C9H11FO4/c1-2-13-9(12)7(10)5-14-8(11)6-3-4-6/h5-6H,2-4H2,1H3/b7-5-. The molecule has 78 valence electrons. The Morgan fingerprint density at radius 1 is 1.50 bits per heavy atom. The summed E-state index contributed by atoms with van der Waals surface area (Å²) in [6.07, 6.45) is 2.04. The minimum absolute atomic E-state index is 0.0800. The maximum absolute atomic E-state index is 12.7. The first-order valence-corrected chi connectivity index (χ1v) is 4.38. The predicted octanol–water partition coefficient (Wildman–Crippen LogP) is 1.31. The Morgan fingerprint density at radius 2 is 2.14 bits per heavy atom. The summed E-state index contributed by atoms with van der Waals surface area (Å²) in [6.45, 7) is 1.64. The Labute approximate surface area is 80.7 Å². The molecule has 0 bridgehead atoms. The van der Waals surface area contributed by atoms with Crippen LogP contribution in [-0.4, -0.2) is 18.5 Å². The van der Waals surface area contributed by atoms with E-state index in [4.69, 9.17) is 0 Å². The summed E-state index contributed by atoms with van der Waals surface area (Å²) in [6, 6.07) is 0. The first-order valence-electron chi connectivity index (χ1n) is 4.38. The Balaban J connectivity index is 2.34. The van der Waals surface area contributed by atoms with Gasteiger partial charge in [0.15, 0.2) is 0 Å².